The van der Waals surface area contributed by atoms with Crippen molar-refractivity contribution < 1.29 is 9.90 Å². The maximum absolute atomic E-state index is 10.9. The van der Waals surface area contributed by atoms with Gasteiger partial charge in [-0.3, -0.25) is 4.79 Å². The average molecular weight is 347 g/mol. The van der Waals surface area contributed by atoms with Gasteiger partial charge in [0.25, 0.3) is 0 Å². The number of benzene rings is 1. The third-order valence-corrected chi connectivity index (χ3v) is 4.89. The smallest absolute Gasteiger partial charge is 0.306 e. The Bertz CT molecular complexity index is 459. The second-order valence-corrected chi connectivity index (χ2v) is 6.28. The number of hydrogen-bond donors (Lipinski definition) is 2. The molecule has 104 valence electrons. The zero-order valence-electron chi connectivity index (χ0n) is 10.5. The lowest BCUT2D eigenvalue weighted by atomic mass is 9.86. The highest BCUT2D eigenvalue weighted by Crippen LogP contribution is 2.26. The highest BCUT2D eigenvalue weighted by atomic mass is 79.9. The highest BCUT2D eigenvalue weighted by molar-refractivity contribution is 9.10. The largest absolute Gasteiger partial charge is 0.481 e. The van der Waals surface area contributed by atoms with Crippen LogP contribution >= 0.6 is 27.5 Å². The summed E-state index contributed by atoms with van der Waals surface area (Å²) >= 11 is 9.42. The Kier molecular flexibility index (Phi) is 5.25. The van der Waals surface area contributed by atoms with E-state index in [0.717, 1.165) is 42.3 Å². The van der Waals surface area contributed by atoms with Crippen molar-refractivity contribution >= 4 is 33.5 Å². The number of carbonyl (C=O) groups is 1. The van der Waals surface area contributed by atoms with Gasteiger partial charge in [0, 0.05) is 17.1 Å². The SMILES string of the molecule is O=C(O)C1CCC(NCc2ccc(Br)c(Cl)c2)CC1. The van der Waals surface area contributed by atoms with E-state index in [2.05, 4.69) is 21.2 Å². The first-order valence-corrected chi connectivity index (χ1v) is 7.63. The minimum atomic E-state index is -0.654. The minimum Gasteiger partial charge on any atom is -0.481 e. The predicted molar refractivity (Wildman–Crippen MR) is 79.4 cm³/mol. The normalized spacial score (nSPS) is 23.3. The summed E-state index contributed by atoms with van der Waals surface area (Å²) in [4.78, 5) is 10.9. The van der Waals surface area contributed by atoms with Crippen molar-refractivity contribution in [2.24, 2.45) is 5.92 Å². The van der Waals surface area contributed by atoms with Crippen LogP contribution in [0.5, 0.6) is 0 Å². The molecule has 0 spiro atoms. The molecule has 1 aromatic rings. The molecular formula is C14H17BrClNO2. The van der Waals surface area contributed by atoms with E-state index in [9.17, 15) is 4.79 Å². The Labute approximate surface area is 126 Å². The van der Waals surface area contributed by atoms with Crippen molar-refractivity contribution in [2.75, 3.05) is 0 Å². The van der Waals surface area contributed by atoms with Crippen molar-refractivity contribution in [1.82, 2.24) is 5.32 Å². The third-order valence-electron chi connectivity index (χ3n) is 3.66. The van der Waals surface area contributed by atoms with E-state index in [4.69, 9.17) is 16.7 Å². The van der Waals surface area contributed by atoms with Crippen molar-refractivity contribution in [3.05, 3.63) is 33.3 Å². The summed E-state index contributed by atoms with van der Waals surface area (Å²) in [6, 6.07) is 6.34. The van der Waals surface area contributed by atoms with E-state index >= 15 is 0 Å². The topological polar surface area (TPSA) is 49.3 Å². The van der Waals surface area contributed by atoms with Crippen molar-refractivity contribution in [2.45, 2.75) is 38.3 Å². The standard InChI is InChI=1S/C14H17BrClNO2/c15-12-6-1-9(7-13(12)16)8-17-11-4-2-10(3-5-11)14(18)19/h1,6-7,10-11,17H,2-5,8H2,(H,18,19). The van der Waals surface area contributed by atoms with Crippen LogP contribution in [0.1, 0.15) is 31.2 Å². The summed E-state index contributed by atoms with van der Waals surface area (Å²) in [5.74, 6) is -0.807. The maximum Gasteiger partial charge on any atom is 0.306 e. The summed E-state index contributed by atoms with van der Waals surface area (Å²) in [5.41, 5.74) is 1.15. The van der Waals surface area contributed by atoms with Gasteiger partial charge in [0.1, 0.15) is 0 Å². The molecule has 0 unspecified atom stereocenters. The Balaban J connectivity index is 1.80. The fourth-order valence-electron chi connectivity index (χ4n) is 2.46. The molecule has 0 atom stereocenters. The number of carboxylic acid groups (broad SMARTS) is 1. The molecule has 0 aliphatic heterocycles. The highest BCUT2D eigenvalue weighted by Gasteiger charge is 2.25. The molecule has 0 aromatic heterocycles. The lowest BCUT2D eigenvalue weighted by Gasteiger charge is -2.27. The number of rotatable bonds is 4. The second kappa shape index (κ2) is 6.73. The number of halogens is 2. The molecule has 1 aliphatic rings. The Hall–Kier alpha value is -0.580. The number of aliphatic carboxylic acids is 1. The van der Waals surface area contributed by atoms with Crippen LogP contribution in [0, 0.1) is 5.92 Å². The van der Waals surface area contributed by atoms with Crippen LogP contribution in [0.2, 0.25) is 5.02 Å². The van der Waals surface area contributed by atoms with Crippen molar-refractivity contribution in [1.29, 1.82) is 0 Å². The second-order valence-electron chi connectivity index (χ2n) is 5.02. The Morgan fingerprint density at radius 2 is 2.05 bits per heavy atom. The number of hydrogen-bond acceptors (Lipinski definition) is 2. The first kappa shape index (κ1) is 14.8. The maximum atomic E-state index is 10.9. The molecule has 0 saturated heterocycles. The fraction of sp³-hybridized carbons (Fsp3) is 0.500. The molecule has 0 radical (unpaired) electrons. The molecule has 3 nitrogen and oxygen atoms in total. The molecule has 2 N–H and O–H groups in total. The Morgan fingerprint density at radius 1 is 1.37 bits per heavy atom. The summed E-state index contributed by atoms with van der Waals surface area (Å²) in [6.45, 7) is 0.773. The first-order chi connectivity index (χ1) is 9.06. The van der Waals surface area contributed by atoms with Gasteiger partial charge in [-0.05, 0) is 59.3 Å². The summed E-state index contributed by atoms with van der Waals surface area (Å²) in [6.07, 6.45) is 3.41. The molecule has 1 aromatic carbocycles. The molecule has 0 bridgehead atoms. The molecule has 2 rings (SSSR count). The summed E-state index contributed by atoms with van der Waals surface area (Å²) in [7, 11) is 0. The lowest BCUT2D eigenvalue weighted by molar-refractivity contribution is -0.142. The van der Waals surface area contributed by atoms with Gasteiger partial charge >= 0.3 is 5.97 Å². The summed E-state index contributed by atoms with van der Waals surface area (Å²) in [5, 5.41) is 13.1. The first-order valence-electron chi connectivity index (χ1n) is 6.46. The van der Waals surface area contributed by atoms with Gasteiger partial charge < -0.3 is 10.4 Å². The average Bonchev–Trinajstić information content (AvgIpc) is 2.40. The molecule has 0 amide bonds. The van der Waals surface area contributed by atoms with Gasteiger partial charge in [0.15, 0.2) is 0 Å². The molecule has 1 fully saturated rings. The van der Waals surface area contributed by atoms with Crippen LogP contribution in [0.3, 0.4) is 0 Å². The van der Waals surface area contributed by atoms with E-state index in [0.29, 0.717) is 11.1 Å². The quantitative estimate of drug-likeness (QED) is 0.871. The van der Waals surface area contributed by atoms with Crippen molar-refractivity contribution in [3.8, 4) is 0 Å². The minimum absolute atomic E-state index is 0.153. The van der Waals surface area contributed by atoms with Gasteiger partial charge in [-0.2, -0.15) is 0 Å². The van der Waals surface area contributed by atoms with E-state index in [1.54, 1.807) is 0 Å². The monoisotopic (exact) mass is 345 g/mol. The van der Waals surface area contributed by atoms with E-state index in [-0.39, 0.29) is 5.92 Å². The number of carboxylic acids is 1. The van der Waals surface area contributed by atoms with Crippen LogP contribution in [-0.2, 0) is 11.3 Å². The van der Waals surface area contributed by atoms with Crippen LogP contribution < -0.4 is 5.32 Å². The van der Waals surface area contributed by atoms with Gasteiger partial charge in [0.2, 0.25) is 0 Å². The van der Waals surface area contributed by atoms with Gasteiger partial charge in [0.05, 0.1) is 10.9 Å². The molecular weight excluding hydrogens is 330 g/mol. The van der Waals surface area contributed by atoms with Gasteiger partial charge in [-0.1, -0.05) is 17.7 Å². The zero-order valence-corrected chi connectivity index (χ0v) is 12.9. The van der Waals surface area contributed by atoms with Gasteiger partial charge in [-0.15, -0.1) is 0 Å². The third kappa shape index (κ3) is 4.20. The van der Waals surface area contributed by atoms with Crippen LogP contribution in [-0.4, -0.2) is 17.1 Å². The van der Waals surface area contributed by atoms with Crippen LogP contribution in [0.4, 0.5) is 0 Å². The zero-order chi connectivity index (χ0) is 13.8. The van der Waals surface area contributed by atoms with Crippen LogP contribution in [0.15, 0.2) is 22.7 Å². The molecule has 0 heterocycles. The lowest BCUT2D eigenvalue weighted by Crippen LogP contribution is -2.34. The molecule has 19 heavy (non-hydrogen) atoms. The number of nitrogens with one attached hydrogen (secondary N) is 1. The predicted octanol–water partition coefficient (Wildman–Crippen LogP) is 3.84. The fourth-order valence-corrected chi connectivity index (χ4v) is 2.91. The summed E-state index contributed by atoms with van der Waals surface area (Å²) < 4.78 is 0.903. The van der Waals surface area contributed by atoms with Crippen LogP contribution in [0.25, 0.3) is 0 Å². The van der Waals surface area contributed by atoms with E-state index in [1.165, 1.54) is 0 Å². The molecule has 1 saturated carbocycles. The Morgan fingerprint density at radius 3 is 2.63 bits per heavy atom. The molecule has 1 aliphatic carbocycles. The van der Waals surface area contributed by atoms with Crippen molar-refractivity contribution in [3.63, 3.8) is 0 Å². The van der Waals surface area contributed by atoms with E-state index < -0.39 is 5.97 Å². The molecule has 5 heteroatoms. The van der Waals surface area contributed by atoms with E-state index in [1.807, 2.05) is 18.2 Å². The van der Waals surface area contributed by atoms with Gasteiger partial charge in [-0.25, -0.2) is 0 Å².